The van der Waals surface area contributed by atoms with Crippen molar-refractivity contribution in [1.29, 1.82) is 0 Å². The van der Waals surface area contributed by atoms with Gasteiger partial charge < -0.3 is 10.1 Å². The molecule has 2 aromatic carbocycles. The Morgan fingerprint density at radius 2 is 1.44 bits per heavy atom. The fourth-order valence-corrected chi connectivity index (χ4v) is 3.38. The van der Waals surface area contributed by atoms with Crippen molar-refractivity contribution in [3.05, 3.63) is 68.8 Å². The zero-order valence-electron chi connectivity index (χ0n) is 18.8. The lowest BCUT2D eigenvalue weighted by Crippen LogP contribution is -2.37. The minimum absolute atomic E-state index is 0.115. The topological polar surface area (TPSA) is 79.5 Å². The first-order valence-electron chi connectivity index (χ1n) is 11.3. The molecule has 0 spiro atoms. The Morgan fingerprint density at radius 1 is 0.812 bits per heavy atom. The van der Waals surface area contributed by atoms with Crippen molar-refractivity contribution in [1.82, 2.24) is 16.2 Å². The Labute approximate surface area is 205 Å². The smallest absolute Gasteiger partial charge is 0.265 e. The van der Waals surface area contributed by atoms with Crippen LogP contribution >= 0.6 is 22.6 Å². The van der Waals surface area contributed by atoms with Crippen molar-refractivity contribution < 1.29 is 14.3 Å². The summed E-state index contributed by atoms with van der Waals surface area (Å²) in [6.45, 7) is 5.00. The highest BCUT2D eigenvalue weighted by molar-refractivity contribution is 14.1. The van der Waals surface area contributed by atoms with Gasteiger partial charge in [0, 0.05) is 41.0 Å². The Bertz CT molecular complexity index is 810. The molecule has 6 nitrogen and oxygen atoms in total. The predicted molar refractivity (Wildman–Crippen MR) is 136 cm³/mol. The molecule has 0 aliphatic heterocycles. The van der Waals surface area contributed by atoms with E-state index >= 15 is 0 Å². The zero-order valence-corrected chi connectivity index (χ0v) is 21.0. The number of hydrogen-bond acceptors (Lipinski definition) is 4. The summed E-state index contributed by atoms with van der Waals surface area (Å²) in [4.78, 5) is 24.4. The van der Waals surface area contributed by atoms with E-state index in [2.05, 4.69) is 45.7 Å². The first kappa shape index (κ1) is 26.3. The molecule has 0 aliphatic rings. The summed E-state index contributed by atoms with van der Waals surface area (Å²) in [6, 6.07) is 14.6. The van der Waals surface area contributed by atoms with Gasteiger partial charge in [-0.2, -0.15) is 0 Å². The van der Waals surface area contributed by atoms with Gasteiger partial charge in [-0.1, -0.05) is 31.9 Å². The van der Waals surface area contributed by atoms with Crippen LogP contribution in [0.3, 0.4) is 0 Å². The molecule has 0 heterocycles. The number of unbranched alkanes of at least 4 members (excludes halogenated alkanes) is 4. The van der Waals surface area contributed by atoms with E-state index in [9.17, 15) is 9.59 Å². The second kappa shape index (κ2) is 15.8. The van der Waals surface area contributed by atoms with E-state index < -0.39 is 0 Å². The monoisotopic (exact) mass is 551 g/mol. The zero-order chi connectivity index (χ0) is 23.0. The van der Waals surface area contributed by atoms with Crippen LogP contribution in [0.5, 0.6) is 0 Å². The minimum Gasteiger partial charge on any atom is -0.381 e. The molecule has 32 heavy (non-hydrogen) atoms. The van der Waals surface area contributed by atoms with E-state index in [4.69, 9.17) is 4.74 Å². The molecule has 0 fully saturated rings. The van der Waals surface area contributed by atoms with Gasteiger partial charge in [-0.25, -0.2) is 5.43 Å². The number of nitrogens with one attached hydrogen (secondary N) is 3. The van der Waals surface area contributed by atoms with Crippen molar-refractivity contribution in [2.75, 3.05) is 19.8 Å². The molecule has 7 heteroatoms. The molecule has 0 aliphatic carbocycles. The Kier molecular flexibility index (Phi) is 13.0. The van der Waals surface area contributed by atoms with E-state index in [0.717, 1.165) is 54.6 Å². The van der Waals surface area contributed by atoms with Gasteiger partial charge in [0.25, 0.3) is 11.8 Å². The standard InChI is InChI=1S/C25H34IN3O3/c1-2-3-6-17-32-18-7-4-5-16-28-29-25(31)22-10-8-20(9-11-22)19-27-24(30)21-12-14-23(26)15-13-21/h8-15,28H,2-7,16-19H2,1H3,(H,27,30)(H,29,31). The summed E-state index contributed by atoms with van der Waals surface area (Å²) in [6.07, 6.45) is 6.70. The summed E-state index contributed by atoms with van der Waals surface area (Å²) >= 11 is 2.21. The first-order valence-corrected chi connectivity index (χ1v) is 12.4. The van der Waals surface area contributed by atoms with Crippen LogP contribution in [0.2, 0.25) is 0 Å². The van der Waals surface area contributed by atoms with Gasteiger partial charge in [0.1, 0.15) is 0 Å². The van der Waals surface area contributed by atoms with E-state index in [1.807, 2.05) is 24.3 Å². The molecule has 0 atom stereocenters. The SMILES string of the molecule is CCCCCOCCCCCNNC(=O)c1ccc(CNC(=O)c2ccc(I)cc2)cc1. The average Bonchev–Trinajstić information content (AvgIpc) is 2.81. The fourth-order valence-electron chi connectivity index (χ4n) is 3.03. The van der Waals surface area contributed by atoms with Crippen LogP contribution < -0.4 is 16.2 Å². The van der Waals surface area contributed by atoms with Gasteiger partial charge in [-0.15, -0.1) is 0 Å². The molecular formula is C25H34IN3O3. The maximum atomic E-state index is 12.2. The van der Waals surface area contributed by atoms with Crippen LogP contribution in [0.15, 0.2) is 48.5 Å². The quantitative estimate of drug-likeness (QED) is 0.168. The van der Waals surface area contributed by atoms with Crippen molar-refractivity contribution in [2.45, 2.75) is 52.0 Å². The molecule has 0 saturated carbocycles. The lowest BCUT2D eigenvalue weighted by Gasteiger charge is -2.09. The number of amides is 2. The molecule has 0 radical (unpaired) electrons. The molecule has 3 N–H and O–H groups in total. The lowest BCUT2D eigenvalue weighted by atomic mass is 10.1. The number of carbonyl (C=O) groups excluding carboxylic acids is 2. The third-order valence-corrected chi connectivity index (χ3v) is 5.68. The third-order valence-electron chi connectivity index (χ3n) is 4.96. The average molecular weight is 551 g/mol. The number of ether oxygens (including phenoxy) is 1. The van der Waals surface area contributed by atoms with E-state index in [-0.39, 0.29) is 11.8 Å². The molecule has 2 rings (SSSR count). The van der Waals surface area contributed by atoms with Gasteiger partial charge in [0.15, 0.2) is 0 Å². The van der Waals surface area contributed by atoms with E-state index in [1.54, 1.807) is 24.3 Å². The number of carbonyl (C=O) groups is 2. The Morgan fingerprint density at radius 3 is 2.12 bits per heavy atom. The van der Waals surface area contributed by atoms with Crippen LogP contribution in [0.25, 0.3) is 0 Å². The van der Waals surface area contributed by atoms with Crippen molar-refractivity contribution in [2.24, 2.45) is 0 Å². The van der Waals surface area contributed by atoms with Crippen LogP contribution in [0.4, 0.5) is 0 Å². The third kappa shape index (κ3) is 10.6. The molecule has 2 amide bonds. The second-order valence-corrected chi connectivity index (χ2v) is 8.89. The molecule has 2 aromatic rings. The summed E-state index contributed by atoms with van der Waals surface area (Å²) in [7, 11) is 0. The second-order valence-electron chi connectivity index (χ2n) is 7.65. The number of hydrogen-bond donors (Lipinski definition) is 3. The normalized spacial score (nSPS) is 10.7. The van der Waals surface area contributed by atoms with Gasteiger partial charge in [0.05, 0.1) is 0 Å². The molecular weight excluding hydrogens is 517 g/mol. The largest absolute Gasteiger partial charge is 0.381 e. The highest BCUT2D eigenvalue weighted by Gasteiger charge is 2.07. The van der Waals surface area contributed by atoms with Crippen molar-refractivity contribution >= 4 is 34.4 Å². The maximum Gasteiger partial charge on any atom is 0.265 e. The van der Waals surface area contributed by atoms with Crippen LogP contribution in [0, 0.1) is 3.57 Å². The van der Waals surface area contributed by atoms with Crippen molar-refractivity contribution in [3.8, 4) is 0 Å². The maximum absolute atomic E-state index is 12.2. The van der Waals surface area contributed by atoms with Crippen LogP contribution in [-0.2, 0) is 11.3 Å². The van der Waals surface area contributed by atoms with E-state index in [1.165, 1.54) is 12.8 Å². The number of rotatable bonds is 15. The molecule has 0 unspecified atom stereocenters. The van der Waals surface area contributed by atoms with E-state index in [0.29, 0.717) is 17.7 Å². The number of hydrazine groups is 1. The van der Waals surface area contributed by atoms with Crippen LogP contribution in [-0.4, -0.2) is 31.6 Å². The fraction of sp³-hybridized carbons (Fsp3) is 0.440. The number of halogens is 1. The van der Waals surface area contributed by atoms with Crippen LogP contribution in [0.1, 0.15) is 71.7 Å². The van der Waals surface area contributed by atoms with Crippen molar-refractivity contribution in [3.63, 3.8) is 0 Å². The minimum atomic E-state index is -0.168. The highest BCUT2D eigenvalue weighted by atomic mass is 127. The predicted octanol–water partition coefficient (Wildman–Crippen LogP) is 4.83. The summed E-state index contributed by atoms with van der Waals surface area (Å²) in [5.74, 6) is -0.283. The van der Waals surface area contributed by atoms with Gasteiger partial charge in [-0.05, 0) is 90.2 Å². The number of benzene rings is 2. The lowest BCUT2D eigenvalue weighted by molar-refractivity contribution is 0.0928. The van der Waals surface area contributed by atoms with Gasteiger partial charge in [-0.3, -0.25) is 15.0 Å². The molecule has 0 aromatic heterocycles. The summed E-state index contributed by atoms with van der Waals surface area (Å²) in [5.41, 5.74) is 7.85. The first-order chi connectivity index (χ1) is 15.6. The molecule has 174 valence electrons. The van der Waals surface area contributed by atoms with Gasteiger partial charge in [0.2, 0.25) is 0 Å². The highest BCUT2D eigenvalue weighted by Crippen LogP contribution is 2.08. The summed E-state index contributed by atoms with van der Waals surface area (Å²) in [5, 5.41) is 2.90. The van der Waals surface area contributed by atoms with Gasteiger partial charge >= 0.3 is 0 Å². The Hall–Kier alpha value is -1.97. The Balaban J connectivity index is 1.57. The molecule has 0 saturated heterocycles. The summed E-state index contributed by atoms with van der Waals surface area (Å²) < 4.78 is 6.68. The molecule has 0 bridgehead atoms.